The van der Waals surface area contributed by atoms with Gasteiger partial charge in [0.25, 0.3) is 0 Å². The van der Waals surface area contributed by atoms with Crippen LogP contribution < -0.4 is 29.7 Å². The maximum Gasteiger partial charge on any atom is 1.00 e. The number of benzene rings is 1. The minimum Gasteiger partial charge on any atom is -0.857 e. The Morgan fingerprint density at radius 3 is 2.48 bits per heavy atom. The fraction of sp³-hybridized carbons (Fsp3) is 0.533. The molecule has 1 aliphatic carbocycles. The molecule has 0 amide bonds. The molecule has 0 bridgehead atoms. The maximum absolute atomic E-state index is 9.64. The van der Waals surface area contributed by atoms with E-state index in [1.54, 1.807) is 0 Å². The molecule has 2 rings (SSSR count). The largest absolute Gasteiger partial charge is 1.00 e. The molecule has 1 aromatic rings. The summed E-state index contributed by atoms with van der Waals surface area (Å²) in [5.74, 6) is 0. The van der Waals surface area contributed by atoms with E-state index < -0.39 is 13.9 Å². The van der Waals surface area contributed by atoms with Crippen molar-refractivity contribution in [3.8, 4) is 6.07 Å². The Bertz CT molecular complexity index is 511. The summed E-state index contributed by atoms with van der Waals surface area (Å²) in [7, 11) is -1.02. The Morgan fingerprint density at radius 1 is 1.33 bits per heavy atom. The predicted molar refractivity (Wildman–Crippen MR) is 81.4 cm³/mol. The summed E-state index contributed by atoms with van der Waals surface area (Å²) in [5, 5.41) is 17.9. The number of nitrogens with two attached hydrogens (primary N) is 1. The Balaban J connectivity index is 0.00000128. The van der Waals surface area contributed by atoms with Crippen LogP contribution in [0, 0.1) is 11.3 Å². The number of fused-ring (bicyclic) bond motifs is 1. The molecule has 0 aromatic heterocycles. The SMILES string of the molecule is C[O-].C[Si](C)(C)OC1(C#N)CCCc2cc(N)ccc21.[Li+]. The van der Waals surface area contributed by atoms with E-state index in [1.807, 2.05) is 18.2 Å². The van der Waals surface area contributed by atoms with E-state index in [0.29, 0.717) is 0 Å². The topological polar surface area (TPSA) is 82.1 Å². The van der Waals surface area contributed by atoms with E-state index in [-0.39, 0.29) is 18.9 Å². The van der Waals surface area contributed by atoms with E-state index in [1.165, 1.54) is 5.56 Å². The molecule has 2 N–H and O–H groups in total. The van der Waals surface area contributed by atoms with Gasteiger partial charge in [-0.05, 0) is 56.6 Å². The second-order valence-electron chi connectivity index (χ2n) is 5.92. The summed E-state index contributed by atoms with van der Waals surface area (Å²) in [5.41, 5.74) is 8.01. The van der Waals surface area contributed by atoms with Gasteiger partial charge < -0.3 is 15.3 Å². The molecule has 0 saturated heterocycles. The van der Waals surface area contributed by atoms with Crippen molar-refractivity contribution in [1.82, 2.24) is 0 Å². The van der Waals surface area contributed by atoms with Gasteiger partial charge in [-0.2, -0.15) is 12.4 Å². The number of anilines is 1. The number of nitrogen functional groups attached to an aromatic ring is 1. The Hall–Kier alpha value is -0.756. The molecule has 1 aliphatic rings. The van der Waals surface area contributed by atoms with Crippen molar-refractivity contribution in [2.75, 3.05) is 12.8 Å². The fourth-order valence-corrected chi connectivity index (χ4v) is 3.95. The van der Waals surface area contributed by atoms with Crippen LogP contribution in [0.1, 0.15) is 24.0 Å². The minimum atomic E-state index is -1.77. The van der Waals surface area contributed by atoms with Gasteiger partial charge >= 0.3 is 18.9 Å². The Morgan fingerprint density at radius 2 is 1.95 bits per heavy atom. The van der Waals surface area contributed by atoms with Crippen molar-refractivity contribution in [2.45, 2.75) is 44.5 Å². The molecule has 0 aliphatic heterocycles. The van der Waals surface area contributed by atoms with Crippen LogP contribution in [0.4, 0.5) is 5.69 Å². The van der Waals surface area contributed by atoms with Crippen molar-refractivity contribution in [3.63, 3.8) is 0 Å². The summed E-state index contributed by atoms with van der Waals surface area (Å²) in [6, 6.07) is 8.23. The number of hydrogen-bond acceptors (Lipinski definition) is 4. The molecule has 0 heterocycles. The summed E-state index contributed by atoms with van der Waals surface area (Å²) in [6.07, 6.45) is 2.75. The molecular weight excluding hydrogens is 275 g/mol. The first-order valence-corrected chi connectivity index (χ1v) is 10.2. The second-order valence-corrected chi connectivity index (χ2v) is 10.4. The van der Waals surface area contributed by atoms with Crippen LogP contribution in [-0.4, -0.2) is 15.4 Å². The average molecular weight is 298 g/mol. The van der Waals surface area contributed by atoms with Crippen LogP contribution in [0.5, 0.6) is 0 Å². The van der Waals surface area contributed by atoms with E-state index >= 15 is 0 Å². The maximum atomic E-state index is 9.64. The predicted octanol–water partition coefficient (Wildman–Crippen LogP) is -0.844. The molecule has 1 aromatic carbocycles. The quantitative estimate of drug-likeness (QED) is 0.570. The van der Waals surface area contributed by atoms with E-state index in [2.05, 4.69) is 25.7 Å². The van der Waals surface area contributed by atoms with Gasteiger partial charge in [0.15, 0.2) is 13.9 Å². The third-order valence-electron chi connectivity index (χ3n) is 3.20. The Labute approximate surface area is 140 Å². The number of rotatable bonds is 2. The average Bonchev–Trinajstić information content (AvgIpc) is 2.39. The normalized spacial score (nSPS) is 20.2. The first-order chi connectivity index (χ1) is 9.36. The van der Waals surface area contributed by atoms with Crippen LogP contribution in [-0.2, 0) is 16.4 Å². The van der Waals surface area contributed by atoms with Gasteiger partial charge in [0.2, 0.25) is 0 Å². The van der Waals surface area contributed by atoms with Crippen molar-refractivity contribution in [1.29, 1.82) is 5.26 Å². The fourth-order valence-electron chi connectivity index (χ4n) is 2.64. The van der Waals surface area contributed by atoms with Gasteiger partial charge in [-0.25, -0.2) is 0 Å². The Kier molecular flexibility index (Phi) is 7.74. The van der Waals surface area contributed by atoms with Crippen molar-refractivity contribution in [2.24, 2.45) is 0 Å². The van der Waals surface area contributed by atoms with E-state index in [4.69, 9.17) is 15.3 Å². The first kappa shape index (κ1) is 20.2. The number of aryl methyl sites for hydroxylation is 1. The van der Waals surface area contributed by atoms with Gasteiger partial charge in [0, 0.05) is 11.3 Å². The van der Waals surface area contributed by atoms with Gasteiger partial charge in [0.1, 0.15) is 6.07 Å². The molecular formula is C15H23LiN2O2Si. The van der Waals surface area contributed by atoms with E-state index in [0.717, 1.165) is 37.6 Å². The van der Waals surface area contributed by atoms with Crippen LogP contribution in [0.15, 0.2) is 18.2 Å². The van der Waals surface area contributed by atoms with Gasteiger partial charge in [-0.15, -0.1) is 0 Å². The van der Waals surface area contributed by atoms with Crippen LogP contribution in [0.2, 0.25) is 19.6 Å². The third kappa shape index (κ3) is 4.88. The monoisotopic (exact) mass is 298 g/mol. The summed E-state index contributed by atoms with van der Waals surface area (Å²) in [4.78, 5) is 0. The third-order valence-corrected chi connectivity index (χ3v) is 4.16. The van der Waals surface area contributed by atoms with Crippen LogP contribution in [0.25, 0.3) is 0 Å². The number of hydrogen-bond donors (Lipinski definition) is 1. The molecule has 4 nitrogen and oxygen atoms in total. The molecule has 0 radical (unpaired) electrons. The number of nitrogens with zero attached hydrogens (tertiary/aromatic N) is 1. The standard InChI is InChI=1S/C14H20N2OSi.CH3O.Li/c1-18(2,3)17-14(10-15)8-4-5-11-9-12(16)6-7-13(11)14;1-2;/h6-7,9H,4-5,8,16H2,1-3H3;1H3;/q;-1;+1. The summed E-state index contributed by atoms with van der Waals surface area (Å²) < 4.78 is 6.22. The molecule has 0 fully saturated rings. The summed E-state index contributed by atoms with van der Waals surface area (Å²) in [6.45, 7) is 6.37. The molecule has 21 heavy (non-hydrogen) atoms. The minimum absolute atomic E-state index is 0. The molecule has 110 valence electrons. The molecule has 1 atom stereocenters. The van der Waals surface area contributed by atoms with Crippen LogP contribution >= 0.6 is 0 Å². The van der Waals surface area contributed by atoms with Gasteiger partial charge in [0.05, 0.1) is 0 Å². The zero-order valence-electron chi connectivity index (χ0n) is 13.7. The molecule has 1 unspecified atom stereocenters. The van der Waals surface area contributed by atoms with Gasteiger partial charge in [-0.1, -0.05) is 6.07 Å². The van der Waals surface area contributed by atoms with Crippen molar-refractivity contribution < 1.29 is 28.4 Å². The van der Waals surface area contributed by atoms with Gasteiger partial charge in [-0.3, -0.25) is 0 Å². The molecule has 0 saturated carbocycles. The molecule has 6 heteroatoms. The first-order valence-electron chi connectivity index (χ1n) is 6.77. The zero-order chi connectivity index (χ0) is 15.4. The second kappa shape index (κ2) is 8.03. The molecule has 0 spiro atoms. The number of nitriles is 1. The zero-order valence-corrected chi connectivity index (χ0v) is 14.7. The van der Waals surface area contributed by atoms with E-state index in [9.17, 15) is 5.26 Å². The summed E-state index contributed by atoms with van der Waals surface area (Å²) >= 11 is 0. The smallest absolute Gasteiger partial charge is 0.857 e. The van der Waals surface area contributed by atoms with Crippen molar-refractivity contribution in [3.05, 3.63) is 29.3 Å². The van der Waals surface area contributed by atoms with Crippen LogP contribution in [0.3, 0.4) is 0 Å². The van der Waals surface area contributed by atoms with Crippen molar-refractivity contribution >= 4 is 14.0 Å².